The molecule has 1 aromatic carbocycles. The molecule has 1 saturated heterocycles. The van der Waals surface area contributed by atoms with Gasteiger partial charge in [-0.3, -0.25) is 14.4 Å². The predicted octanol–water partition coefficient (Wildman–Crippen LogP) is 0.968. The number of carboxylic acids is 1. The highest BCUT2D eigenvalue weighted by molar-refractivity contribution is 5.89. The third-order valence-corrected chi connectivity index (χ3v) is 3.82. The first-order valence-corrected chi connectivity index (χ1v) is 7.26. The number of benzene rings is 1. The molecule has 6 heteroatoms. The van der Waals surface area contributed by atoms with Crippen molar-refractivity contribution in [1.82, 2.24) is 9.80 Å². The summed E-state index contributed by atoms with van der Waals surface area (Å²) in [7, 11) is 1.58. The quantitative estimate of drug-likeness (QED) is 0.849. The van der Waals surface area contributed by atoms with E-state index in [1.165, 1.54) is 4.90 Å². The van der Waals surface area contributed by atoms with Gasteiger partial charge in [-0.05, 0) is 5.56 Å². The van der Waals surface area contributed by atoms with Gasteiger partial charge in [0.05, 0.1) is 12.3 Å². The van der Waals surface area contributed by atoms with E-state index in [4.69, 9.17) is 5.11 Å². The summed E-state index contributed by atoms with van der Waals surface area (Å²) >= 11 is 0. The molecule has 1 N–H and O–H groups in total. The zero-order valence-corrected chi connectivity index (χ0v) is 12.6. The van der Waals surface area contributed by atoms with E-state index in [2.05, 4.69) is 0 Å². The number of carbonyl (C=O) groups is 3. The van der Waals surface area contributed by atoms with E-state index < -0.39 is 5.97 Å². The number of aliphatic carboxylic acids is 1. The highest BCUT2D eigenvalue weighted by Crippen LogP contribution is 2.21. The Balaban J connectivity index is 1.91. The Kier molecular flexibility index (Phi) is 5.14. The average molecular weight is 304 g/mol. The molecule has 0 radical (unpaired) electrons. The zero-order valence-electron chi connectivity index (χ0n) is 12.6. The summed E-state index contributed by atoms with van der Waals surface area (Å²) in [6, 6.07) is 9.64. The normalized spacial score (nSPS) is 17.6. The largest absolute Gasteiger partial charge is 0.481 e. The van der Waals surface area contributed by atoms with Gasteiger partial charge in [0.25, 0.3) is 0 Å². The van der Waals surface area contributed by atoms with Gasteiger partial charge < -0.3 is 14.9 Å². The van der Waals surface area contributed by atoms with Gasteiger partial charge in [0.15, 0.2) is 0 Å². The Morgan fingerprint density at radius 1 is 1.32 bits per heavy atom. The van der Waals surface area contributed by atoms with Crippen LogP contribution in [0, 0.1) is 5.92 Å². The van der Waals surface area contributed by atoms with E-state index in [1.54, 1.807) is 11.9 Å². The minimum Gasteiger partial charge on any atom is -0.481 e. The summed E-state index contributed by atoms with van der Waals surface area (Å²) in [4.78, 5) is 37.9. The summed E-state index contributed by atoms with van der Waals surface area (Å²) in [5, 5.41) is 8.66. The van der Waals surface area contributed by atoms with Crippen molar-refractivity contribution in [3.63, 3.8) is 0 Å². The molecule has 2 amide bonds. The fraction of sp³-hybridized carbons (Fsp3) is 0.438. The summed E-state index contributed by atoms with van der Waals surface area (Å²) in [6.45, 7) is 1.06. The highest BCUT2D eigenvalue weighted by Gasteiger charge is 2.35. The molecule has 0 spiro atoms. The van der Waals surface area contributed by atoms with Crippen molar-refractivity contribution in [2.75, 3.05) is 20.1 Å². The van der Waals surface area contributed by atoms with Gasteiger partial charge in [-0.25, -0.2) is 0 Å². The topological polar surface area (TPSA) is 77.9 Å². The van der Waals surface area contributed by atoms with Crippen LogP contribution in [0.15, 0.2) is 30.3 Å². The lowest BCUT2D eigenvalue weighted by atomic mass is 10.1. The maximum absolute atomic E-state index is 12.3. The minimum absolute atomic E-state index is 0.0335. The van der Waals surface area contributed by atoms with Crippen LogP contribution >= 0.6 is 0 Å². The smallest absolute Gasteiger partial charge is 0.305 e. The number of rotatable bonds is 6. The Morgan fingerprint density at radius 2 is 2.00 bits per heavy atom. The summed E-state index contributed by atoms with van der Waals surface area (Å²) in [5.41, 5.74) is 1.03. The van der Waals surface area contributed by atoms with Gasteiger partial charge in [-0.2, -0.15) is 0 Å². The summed E-state index contributed by atoms with van der Waals surface area (Å²) < 4.78 is 0. The van der Waals surface area contributed by atoms with E-state index in [9.17, 15) is 14.4 Å². The van der Waals surface area contributed by atoms with Gasteiger partial charge >= 0.3 is 5.97 Å². The second-order valence-electron chi connectivity index (χ2n) is 5.56. The van der Waals surface area contributed by atoms with Crippen LogP contribution in [0.25, 0.3) is 0 Å². The Morgan fingerprint density at radius 3 is 2.64 bits per heavy atom. The van der Waals surface area contributed by atoms with Crippen molar-refractivity contribution in [2.45, 2.75) is 19.4 Å². The van der Waals surface area contributed by atoms with Crippen LogP contribution in [0.3, 0.4) is 0 Å². The van der Waals surface area contributed by atoms with Gasteiger partial charge in [-0.1, -0.05) is 30.3 Å². The van der Waals surface area contributed by atoms with Crippen molar-refractivity contribution in [1.29, 1.82) is 0 Å². The standard InChI is InChI=1S/C16H20N2O4/c1-17(8-7-15(20)21)16(22)13-9-14(19)18(11-13)10-12-5-3-2-4-6-12/h2-6,13H,7-11H2,1H3,(H,20,21). The summed E-state index contributed by atoms with van der Waals surface area (Å²) in [6.07, 6.45) is 0.111. The third-order valence-electron chi connectivity index (χ3n) is 3.82. The number of hydrogen-bond donors (Lipinski definition) is 1. The highest BCUT2D eigenvalue weighted by atomic mass is 16.4. The molecule has 1 aliphatic rings. The first-order valence-electron chi connectivity index (χ1n) is 7.26. The molecule has 2 rings (SSSR count). The molecule has 1 aliphatic heterocycles. The van der Waals surface area contributed by atoms with E-state index in [-0.39, 0.29) is 37.1 Å². The van der Waals surface area contributed by atoms with Crippen LogP contribution in [-0.2, 0) is 20.9 Å². The van der Waals surface area contributed by atoms with Crippen LogP contribution < -0.4 is 0 Å². The fourth-order valence-corrected chi connectivity index (χ4v) is 2.58. The van der Waals surface area contributed by atoms with Gasteiger partial charge in [0.1, 0.15) is 0 Å². The Labute approximate surface area is 129 Å². The maximum Gasteiger partial charge on any atom is 0.305 e. The first kappa shape index (κ1) is 16.0. The molecule has 1 atom stereocenters. The lowest BCUT2D eigenvalue weighted by Crippen LogP contribution is -2.35. The second-order valence-corrected chi connectivity index (χ2v) is 5.56. The molecule has 1 unspecified atom stereocenters. The van der Waals surface area contributed by atoms with Crippen molar-refractivity contribution < 1.29 is 19.5 Å². The molecule has 6 nitrogen and oxygen atoms in total. The molecule has 1 heterocycles. The van der Waals surface area contributed by atoms with Gasteiger partial charge in [0, 0.05) is 33.1 Å². The molecular formula is C16H20N2O4. The molecule has 1 fully saturated rings. The van der Waals surface area contributed by atoms with Crippen LogP contribution in [0.4, 0.5) is 0 Å². The van der Waals surface area contributed by atoms with Crippen molar-refractivity contribution in [3.05, 3.63) is 35.9 Å². The predicted molar refractivity (Wildman–Crippen MR) is 79.9 cm³/mol. The maximum atomic E-state index is 12.3. The lowest BCUT2D eigenvalue weighted by molar-refractivity contribution is -0.139. The molecule has 0 saturated carbocycles. The number of carboxylic acid groups (broad SMARTS) is 1. The van der Waals surface area contributed by atoms with Crippen LogP contribution in [0.1, 0.15) is 18.4 Å². The number of amides is 2. The van der Waals surface area contributed by atoms with Gasteiger partial charge in [0.2, 0.25) is 11.8 Å². The van der Waals surface area contributed by atoms with E-state index in [0.29, 0.717) is 13.1 Å². The molecule has 22 heavy (non-hydrogen) atoms. The Bertz CT molecular complexity index is 559. The minimum atomic E-state index is -0.937. The summed E-state index contributed by atoms with van der Waals surface area (Å²) in [5.74, 6) is -1.51. The molecular weight excluding hydrogens is 284 g/mol. The number of nitrogens with zero attached hydrogens (tertiary/aromatic N) is 2. The van der Waals surface area contributed by atoms with Crippen LogP contribution in [-0.4, -0.2) is 52.8 Å². The first-order chi connectivity index (χ1) is 10.5. The third kappa shape index (κ3) is 4.07. The molecule has 1 aromatic rings. The van der Waals surface area contributed by atoms with E-state index >= 15 is 0 Å². The SMILES string of the molecule is CN(CCC(=O)O)C(=O)C1CC(=O)N(Cc2ccccc2)C1. The lowest BCUT2D eigenvalue weighted by Gasteiger charge is -2.21. The number of carbonyl (C=O) groups excluding carboxylic acids is 2. The molecule has 0 aromatic heterocycles. The van der Waals surface area contributed by atoms with Crippen LogP contribution in [0.5, 0.6) is 0 Å². The number of hydrogen-bond acceptors (Lipinski definition) is 3. The molecule has 118 valence electrons. The Hall–Kier alpha value is -2.37. The van der Waals surface area contributed by atoms with Crippen LogP contribution in [0.2, 0.25) is 0 Å². The average Bonchev–Trinajstić information content (AvgIpc) is 2.86. The van der Waals surface area contributed by atoms with Crippen molar-refractivity contribution in [2.24, 2.45) is 5.92 Å². The monoisotopic (exact) mass is 304 g/mol. The van der Waals surface area contributed by atoms with Crippen molar-refractivity contribution >= 4 is 17.8 Å². The molecule has 0 bridgehead atoms. The fourth-order valence-electron chi connectivity index (χ4n) is 2.58. The number of likely N-dealkylation sites (tertiary alicyclic amines) is 1. The second kappa shape index (κ2) is 7.06. The zero-order chi connectivity index (χ0) is 16.1. The van der Waals surface area contributed by atoms with Crippen molar-refractivity contribution in [3.8, 4) is 0 Å². The van der Waals surface area contributed by atoms with E-state index in [1.807, 2.05) is 30.3 Å². The van der Waals surface area contributed by atoms with Gasteiger partial charge in [-0.15, -0.1) is 0 Å². The molecule has 0 aliphatic carbocycles. The van der Waals surface area contributed by atoms with E-state index in [0.717, 1.165) is 5.56 Å².